The lowest BCUT2D eigenvalue weighted by Gasteiger charge is -2.72. The summed E-state index contributed by atoms with van der Waals surface area (Å²) in [4.78, 5) is 80.0. The number of amides is 2. The van der Waals surface area contributed by atoms with Crippen LogP contribution in [0.15, 0.2) is 11.1 Å². The number of allylic oxidation sites excluding steroid dienone is 1. The molecule has 6 rings (SSSR count). The number of Topliss-reactive ketones (excluding diaryl/α,β-unsaturated/α-hetero) is 2. The van der Waals surface area contributed by atoms with Crippen molar-refractivity contribution in [2.45, 2.75) is 210 Å². The molecule has 0 aliphatic heterocycles. The highest BCUT2D eigenvalue weighted by Crippen LogP contribution is 2.76. The first-order valence-corrected chi connectivity index (χ1v) is 23.7. The molecule has 62 heavy (non-hydrogen) atoms. The highest BCUT2D eigenvalue weighted by molar-refractivity contribution is 6.03. The summed E-state index contributed by atoms with van der Waals surface area (Å²) in [5, 5.41) is 6.18. The van der Waals surface area contributed by atoms with Crippen LogP contribution in [-0.4, -0.2) is 64.9 Å². The molecule has 6 aliphatic rings. The van der Waals surface area contributed by atoms with Crippen molar-refractivity contribution in [3.63, 3.8) is 0 Å². The maximum Gasteiger partial charge on any atom is 0.408 e. The van der Waals surface area contributed by atoms with Crippen molar-refractivity contribution in [3.8, 4) is 0 Å². The number of carbonyl (C=O) groups is 6. The number of hydrogen-bond donors (Lipinski definition) is 2. The SMILES string of the molecule is CC(C)C1=C2[C@H]3CC[C@@H]4[C@@]5(C)CC[C@H](OC(=O)[C@H]6C[C@@H](OC=O)C6(C)C)C(C)(C)[C@@H]5CC[C@@]4(C)[C@]3(C)CC[C@@]2(NC(=O)C(C)(C)CC(=O)C(C)(C)NC(=O)OC(C)(C)C)CC1=O. The summed E-state index contributed by atoms with van der Waals surface area (Å²) < 4.78 is 17.1. The van der Waals surface area contributed by atoms with Crippen LogP contribution >= 0.6 is 0 Å². The number of fused-ring (bicyclic) bond motifs is 7. The minimum Gasteiger partial charge on any atom is -0.464 e. The van der Waals surface area contributed by atoms with Gasteiger partial charge < -0.3 is 24.8 Å². The molecule has 0 heterocycles. The second-order valence-electron chi connectivity index (χ2n) is 25.1. The van der Waals surface area contributed by atoms with E-state index in [0.717, 1.165) is 56.1 Å². The molecule has 6 aliphatic carbocycles. The van der Waals surface area contributed by atoms with Gasteiger partial charge in [0.2, 0.25) is 5.91 Å². The molecule has 0 aromatic carbocycles. The molecule has 348 valence electrons. The topological polar surface area (TPSA) is 154 Å². The smallest absolute Gasteiger partial charge is 0.408 e. The van der Waals surface area contributed by atoms with Gasteiger partial charge in [-0.15, -0.1) is 0 Å². The van der Waals surface area contributed by atoms with Gasteiger partial charge in [0, 0.05) is 23.7 Å². The number of rotatable bonds is 11. The van der Waals surface area contributed by atoms with E-state index in [-0.39, 0.29) is 87.9 Å². The molecular weight excluding hydrogens is 785 g/mol. The summed E-state index contributed by atoms with van der Waals surface area (Å²) >= 11 is 0. The molecule has 2 N–H and O–H groups in total. The first kappa shape index (κ1) is 48.2. The summed E-state index contributed by atoms with van der Waals surface area (Å²) in [5.74, 6) is -0.00471. The zero-order valence-electron chi connectivity index (χ0n) is 41.1. The third kappa shape index (κ3) is 7.66. The van der Waals surface area contributed by atoms with E-state index in [9.17, 15) is 28.8 Å². The third-order valence-corrected chi connectivity index (χ3v) is 18.4. The maximum atomic E-state index is 14.6. The monoisotopic (exact) mass is 865 g/mol. The van der Waals surface area contributed by atoms with Crippen molar-refractivity contribution in [3.05, 3.63) is 11.1 Å². The summed E-state index contributed by atoms with van der Waals surface area (Å²) in [6.45, 7) is 32.9. The van der Waals surface area contributed by atoms with Crippen LogP contribution in [0.4, 0.5) is 4.79 Å². The predicted octanol–water partition coefficient (Wildman–Crippen LogP) is 9.62. The number of nitrogens with one attached hydrogen (secondary N) is 2. The average molecular weight is 865 g/mol. The minimum absolute atomic E-state index is 0.000504. The fraction of sp³-hybridized carbons (Fsp3) is 0.843. The molecule has 0 bridgehead atoms. The van der Waals surface area contributed by atoms with Crippen LogP contribution in [0.5, 0.6) is 0 Å². The van der Waals surface area contributed by atoms with Crippen molar-refractivity contribution in [2.75, 3.05) is 0 Å². The van der Waals surface area contributed by atoms with Crippen LogP contribution in [-0.2, 0) is 38.2 Å². The number of hydrogen-bond acceptors (Lipinski definition) is 9. The Morgan fingerprint density at radius 3 is 2.02 bits per heavy atom. The summed E-state index contributed by atoms with van der Waals surface area (Å²) in [7, 11) is 0. The van der Waals surface area contributed by atoms with Crippen molar-refractivity contribution >= 4 is 36.0 Å². The Bertz CT molecular complexity index is 1900. The first-order chi connectivity index (χ1) is 28.2. The molecule has 0 spiro atoms. The van der Waals surface area contributed by atoms with Crippen LogP contribution in [0, 0.1) is 62.1 Å². The first-order valence-electron chi connectivity index (χ1n) is 23.7. The molecule has 11 heteroatoms. The Hall–Kier alpha value is -3.24. The number of ketones is 2. The molecule has 0 radical (unpaired) electrons. The summed E-state index contributed by atoms with van der Waals surface area (Å²) in [6, 6.07) is 0. The van der Waals surface area contributed by atoms with Crippen LogP contribution in [0.25, 0.3) is 0 Å². The van der Waals surface area contributed by atoms with E-state index in [2.05, 4.69) is 59.1 Å². The normalized spacial score (nSPS) is 37.4. The van der Waals surface area contributed by atoms with Crippen LogP contribution in [0.1, 0.15) is 181 Å². The predicted molar refractivity (Wildman–Crippen MR) is 237 cm³/mol. The second-order valence-corrected chi connectivity index (χ2v) is 25.1. The zero-order chi connectivity index (χ0) is 46.6. The Morgan fingerprint density at radius 1 is 0.790 bits per heavy atom. The molecule has 0 aromatic heterocycles. The van der Waals surface area contributed by atoms with Crippen molar-refractivity contribution in [1.29, 1.82) is 0 Å². The molecular formula is C51H80N2O9. The van der Waals surface area contributed by atoms with Gasteiger partial charge in [0.15, 0.2) is 11.6 Å². The van der Waals surface area contributed by atoms with Crippen molar-refractivity contribution in [2.24, 2.45) is 62.1 Å². The number of alkyl carbamates (subject to hydrolysis) is 1. The largest absolute Gasteiger partial charge is 0.464 e. The molecule has 0 aromatic rings. The standard InChI is InChI=1S/C51H80N2O9/c1-29(2)38-32(55)26-51(52-41(58)44(6,7)27-35(56)47(12,13)53-42(59)62-43(3,4)5)24-23-49(15)30(39(38)51)17-18-34-48(14)21-20-36(46(10,11)33(48)19-22-50(34,49)16)61-40(57)31-25-37(60-28-54)45(31,8)9/h28-31,33-34,36-37H,17-27H2,1-16H3,(H,52,58)(H,53,59)/t30-,31-,33+,34-,36+,37-,48+,49-,50-,51-/m1/s1. The summed E-state index contributed by atoms with van der Waals surface area (Å²) in [6.07, 6.45) is 6.78. The quantitative estimate of drug-likeness (QED) is 0.117. The van der Waals surface area contributed by atoms with E-state index in [1.807, 2.05) is 13.8 Å². The average Bonchev–Trinajstić information content (AvgIpc) is 3.41. The van der Waals surface area contributed by atoms with Crippen LogP contribution in [0.2, 0.25) is 0 Å². The Kier molecular flexibility index (Phi) is 12.0. The molecule has 5 saturated carbocycles. The van der Waals surface area contributed by atoms with Crippen molar-refractivity contribution in [1.82, 2.24) is 10.6 Å². The third-order valence-electron chi connectivity index (χ3n) is 18.4. The molecule has 5 fully saturated rings. The van der Waals surface area contributed by atoms with E-state index in [1.54, 1.807) is 48.5 Å². The minimum atomic E-state index is -1.27. The maximum absolute atomic E-state index is 14.6. The Labute approximate surface area is 372 Å². The van der Waals surface area contributed by atoms with Crippen molar-refractivity contribution < 1.29 is 43.0 Å². The fourth-order valence-electron chi connectivity index (χ4n) is 14.5. The van der Waals surface area contributed by atoms with Crippen LogP contribution in [0.3, 0.4) is 0 Å². The molecule has 0 unspecified atom stereocenters. The van der Waals surface area contributed by atoms with E-state index >= 15 is 0 Å². The van der Waals surface area contributed by atoms with Gasteiger partial charge in [0.25, 0.3) is 6.47 Å². The van der Waals surface area contributed by atoms with Gasteiger partial charge in [-0.1, -0.05) is 76.2 Å². The molecule has 2 amide bonds. The molecule has 10 atom stereocenters. The number of carbonyl (C=O) groups excluding carboxylic acids is 6. The van der Waals surface area contributed by atoms with E-state index < -0.39 is 33.6 Å². The highest BCUT2D eigenvalue weighted by atomic mass is 16.6. The highest BCUT2D eigenvalue weighted by Gasteiger charge is 2.71. The van der Waals surface area contributed by atoms with Gasteiger partial charge >= 0.3 is 12.1 Å². The Morgan fingerprint density at radius 2 is 1.44 bits per heavy atom. The summed E-state index contributed by atoms with van der Waals surface area (Å²) in [5.41, 5.74) is -2.74. The van der Waals surface area contributed by atoms with E-state index in [0.29, 0.717) is 31.1 Å². The lowest BCUT2D eigenvalue weighted by molar-refractivity contribution is -0.236. The fourth-order valence-corrected chi connectivity index (χ4v) is 14.5. The van der Waals surface area contributed by atoms with Gasteiger partial charge in [-0.2, -0.15) is 0 Å². The van der Waals surface area contributed by atoms with E-state index in [1.165, 1.54) is 0 Å². The second kappa shape index (κ2) is 15.4. The Balaban J connectivity index is 1.23. The molecule has 0 saturated heterocycles. The van der Waals surface area contributed by atoms with Gasteiger partial charge in [0.05, 0.1) is 22.4 Å². The number of esters is 1. The zero-order valence-corrected chi connectivity index (χ0v) is 41.1. The van der Waals surface area contributed by atoms with Gasteiger partial charge in [-0.05, 0) is 143 Å². The van der Waals surface area contributed by atoms with E-state index in [4.69, 9.17) is 14.2 Å². The molecule has 11 nitrogen and oxygen atoms in total. The lowest BCUT2D eigenvalue weighted by atomic mass is 9.33. The van der Waals surface area contributed by atoms with Gasteiger partial charge in [0.1, 0.15) is 17.8 Å². The number of ether oxygens (including phenoxy) is 3. The van der Waals surface area contributed by atoms with Crippen LogP contribution < -0.4 is 10.6 Å². The lowest BCUT2D eigenvalue weighted by Crippen LogP contribution is -2.67. The van der Waals surface area contributed by atoms with Gasteiger partial charge in [-0.3, -0.25) is 24.0 Å². The van der Waals surface area contributed by atoms with Gasteiger partial charge in [-0.25, -0.2) is 4.79 Å².